The summed E-state index contributed by atoms with van der Waals surface area (Å²) in [6.07, 6.45) is 1.43. The number of ether oxygens (including phenoxy) is 1. The van der Waals surface area contributed by atoms with Crippen molar-refractivity contribution in [2.24, 2.45) is 5.92 Å². The minimum atomic E-state index is 0.162. The van der Waals surface area contributed by atoms with Crippen LogP contribution >= 0.6 is 0 Å². The first-order valence-corrected chi connectivity index (χ1v) is 7.75. The molecule has 0 N–H and O–H groups in total. The minimum Gasteiger partial charge on any atom is -0.378 e. The first kappa shape index (κ1) is 13.4. The fourth-order valence-electron chi connectivity index (χ4n) is 3.39. The van der Waals surface area contributed by atoms with E-state index < -0.39 is 0 Å². The zero-order valence-corrected chi connectivity index (χ0v) is 12.9. The molecular formula is C20H19NO. The van der Waals surface area contributed by atoms with E-state index in [-0.39, 0.29) is 12.2 Å². The van der Waals surface area contributed by atoms with E-state index in [1.165, 1.54) is 16.8 Å². The van der Waals surface area contributed by atoms with Crippen molar-refractivity contribution in [2.45, 2.75) is 18.6 Å². The number of hydrogen-bond donors (Lipinski definition) is 0. The fraction of sp³-hybridized carbons (Fsp3) is 0.300. The molecule has 2 aromatic rings. The van der Waals surface area contributed by atoms with Gasteiger partial charge in [-0.25, -0.2) is 0 Å². The minimum absolute atomic E-state index is 0.162. The molecular weight excluding hydrogens is 270 g/mol. The molecule has 2 heteroatoms. The van der Waals surface area contributed by atoms with E-state index in [1.807, 2.05) is 14.1 Å². The lowest BCUT2D eigenvalue weighted by Crippen LogP contribution is -2.09. The molecule has 3 atom stereocenters. The second kappa shape index (κ2) is 5.19. The third kappa shape index (κ3) is 2.19. The maximum atomic E-state index is 6.09. The number of hydrogen-bond acceptors (Lipinski definition) is 2. The largest absolute Gasteiger partial charge is 0.378 e. The smallest absolute Gasteiger partial charge is 0.0975 e. The summed E-state index contributed by atoms with van der Waals surface area (Å²) in [5, 5.41) is 0. The molecule has 3 unspecified atom stereocenters. The molecule has 0 aliphatic carbocycles. The maximum Gasteiger partial charge on any atom is 0.0975 e. The van der Waals surface area contributed by atoms with E-state index in [1.54, 1.807) is 0 Å². The molecule has 1 fully saturated rings. The Balaban J connectivity index is 1.55. The van der Waals surface area contributed by atoms with Crippen molar-refractivity contribution >= 4 is 5.69 Å². The highest BCUT2D eigenvalue weighted by Gasteiger charge is 2.44. The summed E-state index contributed by atoms with van der Waals surface area (Å²) >= 11 is 0. The third-order valence-corrected chi connectivity index (χ3v) is 4.58. The molecule has 0 amide bonds. The average Bonchev–Trinajstić information content (AvgIpc) is 3.12. The van der Waals surface area contributed by atoms with Gasteiger partial charge < -0.3 is 9.64 Å². The Morgan fingerprint density at radius 2 is 1.73 bits per heavy atom. The molecule has 0 saturated carbocycles. The summed E-state index contributed by atoms with van der Waals surface area (Å²) in [5.74, 6) is 7.06. The van der Waals surface area contributed by atoms with E-state index in [0.29, 0.717) is 5.92 Å². The molecule has 2 heterocycles. The van der Waals surface area contributed by atoms with Crippen LogP contribution in [0, 0.1) is 17.8 Å². The summed E-state index contributed by atoms with van der Waals surface area (Å²) in [4.78, 5) is 2.10. The van der Waals surface area contributed by atoms with Crippen LogP contribution in [-0.4, -0.2) is 14.1 Å². The van der Waals surface area contributed by atoms with E-state index in [0.717, 1.165) is 12.0 Å². The molecule has 0 radical (unpaired) electrons. The van der Waals surface area contributed by atoms with Gasteiger partial charge in [0.2, 0.25) is 0 Å². The van der Waals surface area contributed by atoms with E-state index in [2.05, 4.69) is 65.3 Å². The first-order chi connectivity index (χ1) is 10.7. The zero-order valence-electron chi connectivity index (χ0n) is 12.9. The predicted octanol–water partition coefficient (Wildman–Crippen LogP) is 3.94. The van der Waals surface area contributed by atoms with Crippen molar-refractivity contribution in [1.29, 1.82) is 0 Å². The zero-order chi connectivity index (χ0) is 15.1. The lowest BCUT2D eigenvalue weighted by molar-refractivity contribution is 0.0657. The van der Waals surface area contributed by atoms with Gasteiger partial charge in [0.1, 0.15) is 0 Å². The van der Waals surface area contributed by atoms with Crippen molar-refractivity contribution in [3.8, 4) is 11.8 Å². The normalized spacial score (nSPS) is 24.5. The summed E-state index contributed by atoms with van der Waals surface area (Å²) in [7, 11) is 4.09. The predicted molar refractivity (Wildman–Crippen MR) is 88.8 cm³/mol. The van der Waals surface area contributed by atoms with Gasteiger partial charge in [-0.2, -0.15) is 0 Å². The number of fused-ring (bicyclic) bond motifs is 5. The van der Waals surface area contributed by atoms with Gasteiger partial charge in [-0.15, -0.1) is 0 Å². The summed E-state index contributed by atoms with van der Waals surface area (Å²) in [6.45, 7) is 0. The Kier molecular flexibility index (Phi) is 3.17. The van der Waals surface area contributed by atoms with Crippen LogP contribution in [-0.2, 0) is 4.74 Å². The highest BCUT2D eigenvalue weighted by Crippen LogP contribution is 2.53. The molecule has 1 saturated heterocycles. The van der Waals surface area contributed by atoms with Crippen LogP contribution in [0.3, 0.4) is 0 Å². The lowest BCUT2D eigenvalue weighted by Gasteiger charge is -2.16. The lowest BCUT2D eigenvalue weighted by atomic mass is 9.84. The number of nitrogens with zero attached hydrogens (tertiary/aromatic N) is 1. The van der Waals surface area contributed by atoms with Crippen LogP contribution in [0.25, 0.3) is 0 Å². The van der Waals surface area contributed by atoms with Crippen LogP contribution in [0.4, 0.5) is 5.69 Å². The number of benzene rings is 2. The quantitative estimate of drug-likeness (QED) is 0.737. The highest BCUT2D eigenvalue weighted by atomic mass is 16.5. The topological polar surface area (TPSA) is 12.5 Å². The number of anilines is 1. The van der Waals surface area contributed by atoms with Crippen molar-refractivity contribution in [3.05, 3.63) is 65.2 Å². The van der Waals surface area contributed by atoms with Crippen LogP contribution in [0.2, 0.25) is 0 Å². The summed E-state index contributed by atoms with van der Waals surface area (Å²) < 4.78 is 6.09. The average molecular weight is 289 g/mol. The summed E-state index contributed by atoms with van der Waals surface area (Å²) in [5.41, 5.74) is 4.96. The van der Waals surface area contributed by atoms with Crippen molar-refractivity contribution in [3.63, 3.8) is 0 Å². The Labute approximate surface area is 131 Å². The molecule has 2 aliphatic heterocycles. The second-order valence-electron chi connectivity index (χ2n) is 6.23. The molecule has 2 nitrogen and oxygen atoms in total. The van der Waals surface area contributed by atoms with Crippen LogP contribution < -0.4 is 4.90 Å². The van der Waals surface area contributed by atoms with Crippen molar-refractivity contribution < 1.29 is 4.74 Å². The van der Waals surface area contributed by atoms with Gasteiger partial charge >= 0.3 is 0 Å². The molecule has 2 bridgehead atoms. The molecule has 0 spiro atoms. The molecule has 0 aromatic heterocycles. The second-order valence-corrected chi connectivity index (χ2v) is 6.23. The first-order valence-electron chi connectivity index (χ1n) is 7.75. The molecule has 4 rings (SSSR count). The molecule has 2 aliphatic rings. The van der Waals surface area contributed by atoms with E-state index >= 15 is 0 Å². The molecule has 2 aromatic carbocycles. The summed E-state index contributed by atoms with van der Waals surface area (Å²) in [6, 6.07) is 16.9. The molecule has 110 valence electrons. The SMILES string of the molecule is CN(C)c1ccc(C#CC2CC3OC2c2ccccc23)cc1. The van der Waals surface area contributed by atoms with Gasteiger partial charge in [-0.3, -0.25) is 0 Å². The van der Waals surface area contributed by atoms with Gasteiger partial charge in [-0.05, 0) is 41.8 Å². The number of rotatable bonds is 1. The van der Waals surface area contributed by atoms with Gasteiger partial charge in [0.25, 0.3) is 0 Å². The van der Waals surface area contributed by atoms with Crippen molar-refractivity contribution in [2.75, 3.05) is 19.0 Å². The van der Waals surface area contributed by atoms with Crippen LogP contribution in [0.15, 0.2) is 48.5 Å². The standard InChI is InChI=1S/C20H19NO/c1-21(2)16-11-8-14(9-12-16)7-10-15-13-19-17-5-3-4-6-18(17)20(15)22-19/h3-6,8-9,11-12,15,19-20H,13H2,1-2H3. The van der Waals surface area contributed by atoms with E-state index in [9.17, 15) is 0 Å². The van der Waals surface area contributed by atoms with Crippen molar-refractivity contribution in [1.82, 2.24) is 0 Å². The van der Waals surface area contributed by atoms with Gasteiger partial charge in [0.15, 0.2) is 0 Å². The van der Waals surface area contributed by atoms with Gasteiger partial charge in [0, 0.05) is 25.3 Å². The Hall–Kier alpha value is -2.24. The van der Waals surface area contributed by atoms with Crippen LogP contribution in [0.1, 0.15) is 35.3 Å². The fourth-order valence-corrected chi connectivity index (χ4v) is 3.39. The molecule has 22 heavy (non-hydrogen) atoms. The van der Waals surface area contributed by atoms with E-state index in [4.69, 9.17) is 4.74 Å². The maximum absolute atomic E-state index is 6.09. The van der Waals surface area contributed by atoms with Gasteiger partial charge in [0.05, 0.1) is 18.1 Å². The highest BCUT2D eigenvalue weighted by molar-refractivity contribution is 5.50. The van der Waals surface area contributed by atoms with Gasteiger partial charge in [-0.1, -0.05) is 36.1 Å². The Bertz CT molecular complexity index is 751. The Morgan fingerprint density at radius 1 is 1.00 bits per heavy atom. The monoisotopic (exact) mass is 289 g/mol. The Morgan fingerprint density at radius 3 is 2.45 bits per heavy atom. The third-order valence-electron chi connectivity index (χ3n) is 4.58. The van der Waals surface area contributed by atoms with Crippen LogP contribution in [0.5, 0.6) is 0 Å².